The molecular formula is C21H28N6O5. The van der Waals surface area contributed by atoms with Gasteiger partial charge in [-0.15, -0.1) is 0 Å². The lowest BCUT2D eigenvalue weighted by Crippen LogP contribution is -2.38. The molecule has 2 aromatic rings. The van der Waals surface area contributed by atoms with Gasteiger partial charge < -0.3 is 9.47 Å². The minimum absolute atomic E-state index is 0.106. The third-order valence-corrected chi connectivity index (χ3v) is 5.02. The fraction of sp³-hybridized carbons (Fsp3) is 0.476. The first-order valence-corrected chi connectivity index (χ1v) is 10.6. The van der Waals surface area contributed by atoms with Crippen LogP contribution < -0.4 is 10.2 Å². The number of aryl methyl sites for hydroxylation is 1. The lowest BCUT2D eigenvalue weighted by Gasteiger charge is -2.26. The second kappa shape index (κ2) is 11.9. The Bertz CT molecular complexity index is 921. The Morgan fingerprint density at radius 2 is 2.03 bits per heavy atom. The quantitative estimate of drug-likeness (QED) is 0.318. The van der Waals surface area contributed by atoms with E-state index in [9.17, 15) is 14.9 Å². The summed E-state index contributed by atoms with van der Waals surface area (Å²) in [7, 11) is 0. The third kappa shape index (κ3) is 7.13. The smallest absolute Gasteiger partial charge is 0.306 e. The van der Waals surface area contributed by atoms with E-state index < -0.39 is 4.92 Å². The number of carbonyl (C=O) groups is 1. The molecule has 1 aromatic carbocycles. The van der Waals surface area contributed by atoms with Crippen molar-refractivity contribution in [1.82, 2.24) is 20.1 Å². The first-order valence-electron chi connectivity index (χ1n) is 10.6. The number of morpholine rings is 1. The fourth-order valence-electron chi connectivity index (χ4n) is 3.18. The van der Waals surface area contributed by atoms with Gasteiger partial charge in [0.15, 0.2) is 0 Å². The van der Waals surface area contributed by atoms with Gasteiger partial charge in [0.25, 0.3) is 0 Å². The first kappa shape index (κ1) is 23.4. The van der Waals surface area contributed by atoms with Crippen molar-refractivity contribution in [3.8, 4) is 5.75 Å². The zero-order valence-corrected chi connectivity index (χ0v) is 18.1. The van der Waals surface area contributed by atoms with Crippen molar-refractivity contribution in [1.29, 1.82) is 0 Å². The minimum Gasteiger partial charge on any atom is -0.492 e. The van der Waals surface area contributed by atoms with E-state index in [0.29, 0.717) is 13.0 Å². The van der Waals surface area contributed by atoms with E-state index in [2.05, 4.69) is 20.5 Å². The van der Waals surface area contributed by atoms with Crippen molar-refractivity contribution in [2.24, 2.45) is 5.10 Å². The highest BCUT2D eigenvalue weighted by Gasteiger charge is 2.11. The van der Waals surface area contributed by atoms with Crippen LogP contribution in [-0.4, -0.2) is 70.7 Å². The summed E-state index contributed by atoms with van der Waals surface area (Å²) < 4.78 is 12.5. The maximum atomic E-state index is 12.1. The van der Waals surface area contributed by atoms with Crippen molar-refractivity contribution >= 4 is 17.3 Å². The van der Waals surface area contributed by atoms with Gasteiger partial charge in [-0.1, -0.05) is 6.92 Å². The minimum atomic E-state index is -0.526. The van der Waals surface area contributed by atoms with Crippen LogP contribution in [0, 0.1) is 10.1 Å². The van der Waals surface area contributed by atoms with Crippen LogP contribution in [0.2, 0.25) is 0 Å². The summed E-state index contributed by atoms with van der Waals surface area (Å²) in [6.45, 7) is 7.09. The molecule has 1 N–H and O–H groups in total. The third-order valence-electron chi connectivity index (χ3n) is 5.02. The number of hydrogen-bond acceptors (Lipinski definition) is 8. The van der Waals surface area contributed by atoms with Crippen LogP contribution in [-0.2, 0) is 16.1 Å². The molecule has 1 saturated heterocycles. The van der Waals surface area contributed by atoms with Crippen molar-refractivity contribution in [2.75, 3.05) is 39.5 Å². The predicted molar refractivity (Wildman–Crippen MR) is 118 cm³/mol. The number of nitrogens with one attached hydrogen (secondary N) is 1. The number of ether oxygens (including phenoxy) is 2. The largest absolute Gasteiger partial charge is 0.492 e. The number of amides is 1. The van der Waals surface area contributed by atoms with Gasteiger partial charge in [-0.05, 0) is 36.2 Å². The molecule has 0 aliphatic carbocycles. The number of benzene rings is 1. The van der Waals surface area contributed by atoms with E-state index in [4.69, 9.17) is 9.47 Å². The predicted octanol–water partition coefficient (Wildman–Crippen LogP) is 1.82. The molecule has 0 unspecified atom stereocenters. The van der Waals surface area contributed by atoms with E-state index in [1.807, 2.05) is 31.2 Å². The highest BCUT2D eigenvalue weighted by molar-refractivity contribution is 6.00. The maximum Gasteiger partial charge on any atom is 0.306 e. The van der Waals surface area contributed by atoms with Crippen LogP contribution in [0.5, 0.6) is 5.75 Å². The highest BCUT2D eigenvalue weighted by Crippen LogP contribution is 2.14. The van der Waals surface area contributed by atoms with Crippen LogP contribution >= 0.6 is 0 Å². The molecule has 0 saturated carbocycles. The number of aromatic nitrogens is 2. The van der Waals surface area contributed by atoms with Gasteiger partial charge in [-0.2, -0.15) is 10.2 Å². The fourth-order valence-corrected chi connectivity index (χ4v) is 3.18. The van der Waals surface area contributed by atoms with Crippen LogP contribution in [0.4, 0.5) is 5.69 Å². The van der Waals surface area contributed by atoms with E-state index in [1.165, 1.54) is 10.9 Å². The van der Waals surface area contributed by atoms with Gasteiger partial charge in [-0.25, -0.2) is 5.43 Å². The van der Waals surface area contributed by atoms with Gasteiger partial charge in [0, 0.05) is 26.1 Å². The Labute approximate surface area is 186 Å². The summed E-state index contributed by atoms with van der Waals surface area (Å²) in [6, 6.07) is 7.63. The van der Waals surface area contributed by atoms with Crippen LogP contribution in [0.1, 0.15) is 25.3 Å². The zero-order valence-electron chi connectivity index (χ0n) is 18.1. The molecule has 1 aliphatic rings. The van der Waals surface area contributed by atoms with Gasteiger partial charge in [-0.3, -0.25) is 24.5 Å². The number of hydrogen-bond donors (Lipinski definition) is 1. The Morgan fingerprint density at radius 3 is 2.69 bits per heavy atom. The molecular weight excluding hydrogens is 416 g/mol. The van der Waals surface area contributed by atoms with E-state index in [0.717, 1.165) is 56.1 Å². The molecule has 0 atom stereocenters. The van der Waals surface area contributed by atoms with Gasteiger partial charge in [0.2, 0.25) is 5.91 Å². The van der Waals surface area contributed by atoms with Crippen molar-refractivity contribution in [3.63, 3.8) is 0 Å². The number of nitrogens with zero attached hydrogens (tertiary/aromatic N) is 5. The molecule has 1 aliphatic heterocycles. The Balaban J connectivity index is 1.44. The van der Waals surface area contributed by atoms with E-state index >= 15 is 0 Å². The Kier molecular flexibility index (Phi) is 8.70. The highest BCUT2D eigenvalue weighted by atomic mass is 16.6. The molecule has 1 amide bonds. The van der Waals surface area contributed by atoms with Crippen LogP contribution in [0.15, 0.2) is 41.8 Å². The van der Waals surface area contributed by atoms with Gasteiger partial charge >= 0.3 is 5.69 Å². The van der Waals surface area contributed by atoms with Crippen LogP contribution in [0.3, 0.4) is 0 Å². The van der Waals surface area contributed by atoms with Crippen molar-refractivity contribution in [2.45, 2.75) is 26.3 Å². The summed E-state index contributed by atoms with van der Waals surface area (Å²) in [6.07, 6.45) is 3.19. The summed E-state index contributed by atoms with van der Waals surface area (Å²) >= 11 is 0. The number of hydrazone groups is 1. The molecule has 0 bridgehead atoms. The topological polar surface area (TPSA) is 124 Å². The SMILES string of the molecule is CC/C(=N/NC(=O)CCn1cc([N+](=O)[O-])cn1)c1ccc(OCCN2CCOCC2)cc1. The molecule has 2 heterocycles. The average molecular weight is 444 g/mol. The summed E-state index contributed by atoms with van der Waals surface area (Å²) in [4.78, 5) is 24.6. The summed E-state index contributed by atoms with van der Waals surface area (Å²) in [5.41, 5.74) is 4.08. The number of rotatable bonds is 11. The van der Waals surface area contributed by atoms with E-state index in [-0.39, 0.29) is 24.6 Å². The molecule has 11 nitrogen and oxygen atoms in total. The summed E-state index contributed by atoms with van der Waals surface area (Å²) in [5.74, 6) is 0.493. The molecule has 0 radical (unpaired) electrons. The van der Waals surface area contributed by atoms with Gasteiger partial charge in [0.05, 0.1) is 30.4 Å². The standard InChI is InChI=1S/C21H28N6O5/c1-2-20(23-24-21(28)7-8-26-16-18(15-22-26)27(29)30)17-3-5-19(6-4-17)32-14-11-25-9-12-31-13-10-25/h3-6,15-16H,2,7-14H2,1H3,(H,24,28)/b23-20-. The molecule has 1 aromatic heterocycles. The maximum absolute atomic E-state index is 12.1. The molecule has 3 rings (SSSR count). The first-order chi connectivity index (χ1) is 15.5. The second-order valence-electron chi connectivity index (χ2n) is 7.24. The van der Waals surface area contributed by atoms with E-state index in [1.54, 1.807) is 0 Å². The number of carbonyl (C=O) groups excluding carboxylic acids is 1. The Hall–Kier alpha value is -3.31. The molecule has 1 fully saturated rings. The molecule has 32 heavy (non-hydrogen) atoms. The normalized spacial score (nSPS) is 14.8. The Morgan fingerprint density at radius 1 is 1.28 bits per heavy atom. The van der Waals surface area contributed by atoms with Crippen molar-refractivity contribution in [3.05, 3.63) is 52.3 Å². The number of nitro groups is 1. The molecule has 172 valence electrons. The van der Waals surface area contributed by atoms with Crippen LogP contribution in [0.25, 0.3) is 0 Å². The summed E-state index contributed by atoms with van der Waals surface area (Å²) in [5, 5.41) is 18.8. The van der Waals surface area contributed by atoms with Crippen molar-refractivity contribution < 1.29 is 19.2 Å². The lowest BCUT2D eigenvalue weighted by atomic mass is 10.1. The van der Waals surface area contributed by atoms with Gasteiger partial charge in [0.1, 0.15) is 24.8 Å². The monoisotopic (exact) mass is 444 g/mol. The molecule has 11 heteroatoms. The second-order valence-corrected chi connectivity index (χ2v) is 7.24. The molecule has 0 spiro atoms. The lowest BCUT2D eigenvalue weighted by molar-refractivity contribution is -0.385. The zero-order chi connectivity index (χ0) is 22.8. The average Bonchev–Trinajstić information content (AvgIpc) is 3.29.